The van der Waals surface area contributed by atoms with Crippen LogP contribution in [0.15, 0.2) is 30.9 Å². The molecule has 1 atom stereocenters. The Hall–Kier alpha value is -2.71. The van der Waals surface area contributed by atoms with Crippen LogP contribution in [0, 0.1) is 6.92 Å². The largest absolute Gasteiger partial charge is 0.339 e. The molecule has 1 unspecified atom stereocenters. The molecule has 2 fully saturated rings. The van der Waals surface area contributed by atoms with E-state index in [9.17, 15) is 4.79 Å². The predicted molar refractivity (Wildman–Crippen MR) is 112 cm³/mol. The summed E-state index contributed by atoms with van der Waals surface area (Å²) in [6.07, 6.45) is 10.5. The number of carbonyl (C=O) groups excluding carboxylic acids is 1. The van der Waals surface area contributed by atoms with Crippen LogP contribution in [0.4, 0.5) is 11.6 Å². The number of amides is 1. The van der Waals surface area contributed by atoms with E-state index in [0.717, 1.165) is 25.2 Å². The average Bonchev–Trinajstić information content (AvgIpc) is 3.24. The maximum absolute atomic E-state index is 12.6. The molecular formula is C20H22ClN7O. The first-order valence-corrected chi connectivity index (χ1v) is 10.2. The molecule has 1 saturated carbocycles. The summed E-state index contributed by atoms with van der Waals surface area (Å²) in [4.78, 5) is 27.9. The molecule has 0 aromatic carbocycles. The van der Waals surface area contributed by atoms with E-state index in [-0.39, 0.29) is 5.91 Å². The van der Waals surface area contributed by atoms with E-state index in [2.05, 4.69) is 30.5 Å². The van der Waals surface area contributed by atoms with Gasteiger partial charge in [-0.15, -0.1) is 0 Å². The zero-order chi connectivity index (χ0) is 20.0. The normalized spacial score (nSPS) is 19.1. The smallest absolute Gasteiger partial charge is 0.258 e. The summed E-state index contributed by atoms with van der Waals surface area (Å²) in [5.74, 6) is 0.388. The lowest BCUT2D eigenvalue weighted by molar-refractivity contribution is 0.102. The predicted octanol–water partition coefficient (Wildman–Crippen LogP) is 2.67. The molecule has 1 amide bonds. The van der Waals surface area contributed by atoms with Gasteiger partial charge in [0.05, 0.1) is 22.0 Å². The van der Waals surface area contributed by atoms with Crippen molar-refractivity contribution in [3.8, 4) is 0 Å². The molecule has 1 aliphatic carbocycles. The Morgan fingerprint density at radius 1 is 1.17 bits per heavy atom. The zero-order valence-corrected chi connectivity index (χ0v) is 16.9. The van der Waals surface area contributed by atoms with Crippen LogP contribution in [-0.4, -0.2) is 50.4 Å². The molecule has 0 spiro atoms. The third-order valence-electron chi connectivity index (χ3n) is 5.30. The number of halogens is 1. The van der Waals surface area contributed by atoms with Crippen LogP contribution in [0.1, 0.15) is 35.3 Å². The maximum Gasteiger partial charge on any atom is 0.258 e. The molecule has 1 aliphatic heterocycles. The van der Waals surface area contributed by atoms with E-state index in [1.54, 1.807) is 29.1 Å². The number of anilines is 2. The van der Waals surface area contributed by atoms with Crippen LogP contribution in [0.2, 0.25) is 5.02 Å². The highest BCUT2D eigenvalue weighted by Crippen LogP contribution is 2.24. The molecule has 2 N–H and O–H groups in total. The third kappa shape index (κ3) is 3.90. The molecule has 8 nitrogen and oxygen atoms in total. The van der Waals surface area contributed by atoms with E-state index in [4.69, 9.17) is 11.6 Å². The number of hydrogen-bond donors (Lipinski definition) is 2. The van der Waals surface area contributed by atoms with Crippen LogP contribution in [0.5, 0.6) is 0 Å². The Bertz CT molecular complexity index is 1060. The second-order valence-electron chi connectivity index (χ2n) is 7.79. The van der Waals surface area contributed by atoms with Gasteiger partial charge in [0.2, 0.25) is 5.95 Å². The number of carbonyl (C=O) groups is 1. The molecule has 4 heterocycles. The lowest BCUT2D eigenvalue weighted by Gasteiger charge is -2.17. The van der Waals surface area contributed by atoms with Gasteiger partial charge >= 0.3 is 0 Å². The van der Waals surface area contributed by atoms with E-state index in [0.29, 0.717) is 40.0 Å². The van der Waals surface area contributed by atoms with Crippen LogP contribution in [0.3, 0.4) is 0 Å². The highest BCUT2D eigenvalue weighted by molar-refractivity contribution is 6.33. The van der Waals surface area contributed by atoms with Crippen LogP contribution in [-0.2, 0) is 0 Å². The van der Waals surface area contributed by atoms with Crippen molar-refractivity contribution in [1.82, 2.24) is 24.7 Å². The van der Waals surface area contributed by atoms with E-state index in [1.807, 2.05) is 13.1 Å². The molecule has 3 aromatic heterocycles. The number of hydrogen-bond acceptors (Lipinski definition) is 6. The van der Waals surface area contributed by atoms with Crippen LogP contribution in [0.25, 0.3) is 5.65 Å². The Kier molecular flexibility index (Phi) is 4.60. The van der Waals surface area contributed by atoms with Crippen LogP contribution >= 0.6 is 11.6 Å². The number of aryl methyl sites for hydroxylation is 1. The molecule has 9 heteroatoms. The van der Waals surface area contributed by atoms with Gasteiger partial charge in [0.1, 0.15) is 0 Å². The van der Waals surface area contributed by atoms with Crippen molar-refractivity contribution in [3.63, 3.8) is 0 Å². The summed E-state index contributed by atoms with van der Waals surface area (Å²) < 4.78 is 1.80. The van der Waals surface area contributed by atoms with Crippen molar-refractivity contribution < 1.29 is 4.79 Å². The fourth-order valence-electron chi connectivity index (χ4n) is 3.71. The minimum Gasteiger partial charge on any atom is -0.339 e. The lowest BCUT2D eigenvalue weighted by Crippen LogP contribution is -2.34. The summed E-state index contributed by atoms with van der Waals surface area (Å²) in [6, 6.07) is 2.89. The Morgan fingerprint density at radius 3 is 2.72 bits per heavy atom. The van der Waals surface area contributed by atoms with Gasteiger partial charge in [-0.25, -0.2) is 15.0 Å². The first-order chi connectivity index (χ1) is 14.0. The number of aromatic nitrogens is 4. The summed E-state index contributed by atoms with van der Waals surface area (Å²) in [6.45, 7) is 3.73. The van der Waals surface area contributed by atoms with Crippen molar-refractivity contribution in [3.05, 3.63) is 47.1 Å². The van der Waals surface area contributed by atoms with E-state index < -0.39 is 0 Å². The maximum atomic E-state index is 12.6. The fraction of sp³-hybridized carbons (Fsp3) is 0.400. The van der Waals surface area contributed by atoms with Gasteiger partial charge in [-0.05, 0) is 32.3 Å². The van der Waals surface area contributed by atoms with Gasteiger partial charge in [0.15, 0.2) is 5.65 Å². The fourth-order valence-corrected chi connectivity index (χ4v) is 3.97. The van der Waals surface area contributed by atoms with Crippen LogP contribution < -0.4 is 15.5 Å². The van der Waals surface area contributed by atoms with Crippen molar-refractivity contribution in [2.75, 3.05) is 23.3 Å². The molecule has 3 aromatic rings. The van der Waals surface area contributed by atoms with E-state index >= 15 is 0 Å². The molecule has 5 rings (SSSR count). The second kappa shape index (κ2) is 7.27. The van der Waals surface area contributed by atoms with Crippen molar-refractivity contribution in [2.24, 2.45) is 0 Å². The number of nitrogens with zero attached hydrogens (tertiary/aromatic N) is 5. The van der Waals surface area contributed by atoms with Gasteiger partial charge in [0, 0.05) is 50.0 Å². The SMILES string of the molecule is Cc1cn2cc(NC(=O)c3cnc(N4CCC(NC5CC5)C4)nc3)cc(Cl)c2n1. The quantitative estimate of drug-likeness (QED) is 0.671. The third-order valence-corrected chi connectivity index (χ3v) is 5.58. The summed E-state index contributed by atoms with van der Waals surface area (Å²) in [5.41, 5.74) is 2.51. The monoisotopic (exact) mass is 411 g/mol. The van der Waals surface area contributed by atoms with Crippen molar-refractivity contribution in [1.29, 1.82) is 0 Å². The molecule has 2 aliphatic rings. The summed E-state index contributed by atoms with van der Waals surface area (Å²) in [5, 5.41) is 6.98. The van der Waals surface area contributed by atoms with Gasteiger partial charge < -0.3 is 19.9 Å². The highest BCUT2D eigenvalue weighted by atomic mass is 35.5. The topological polar surface area (TPSA) is 87.5 Å². The number of rotatable bonds is 5. The number of pyridine rings is 1. The summed E-state index contributed by atoms with van der Waals surface area (Å²) in [7, 11) is 0. The highest BCUT2D eigenvalue weighted by Gasteiger charge is 2.30. The molecule has 150 valence electrons. The standard InChI is InChI=1S/C20H22ClN7O/c1-12-9-28-11-16(6-17(21)18(28)24-12)26-19(29)13-7-22-20(23-8-13)27-5-4-15(10-27)25-14-2-3-14/h6-9,11,14-15,25H,2-5,10H2,1H3,(H,26,29). The molecule has 29 heavy (non-hydrogen) atoms. The van der Waals surface area contributed by atoms with Gasteiger partial charge in [-0.1, -0.05) is 11.6 Å². The number of nitrogens with one attached hydrogen (secondary N) is 2. The van der Waals surface area contributed by atoms with Gasteiger partial charge in [-0.2, -0.15) is 0 Å². The molecule has 1 saturated heterocycles. The molecular weight excluding hydrogens is 390 g/mol. The van der Waals surface area contributed by atoms with E-state index in [1.165, 1.54) is 12.8 Å². The summed E-state index contributed by atoms with van der Waals surface area (Å²) >= 11 is 6.28. The Labute approximate surface area is 173 Å². The minimum absolute atomic E-state index is 0.279. The Morgan fingerprint density at radius 2 is 1.97 bits per heavy atom. The average molecular weight is 412 g/mol. The van der Waals surface area contributed by atoms with Crippen molar-refractivity contribution in [2.45, 2.75) is 38.3 Å². The lowest BCUT2D eigenvalue weighted by atomic mass is 10.2. The first kappa shape index (κ1) is 18.3. The minimum atomic E-state index is -0.279. The molecule has 0 bridgehead atoms. The number of fused-ring (bicyclic) bond motifs is 1. The number of imidazole rings is 1. The zero-order valence-electron chi connectivity index (χ0n) is 16.1. The first-order valence-electron chi connectivity index (χ1n) is 9.84. The van der Waals surface area contributed by atoms with Crippen molar-refractivity contribution >= 4 is 34.8 Å². The van der Waals surface area contributed by atoms with Gasteiger partial charge in [0.25, 0.3) is 5.91 Å². The second-order valence-corrected chi connectivity index (χ2v) is 8.20. The Balaban J connectivity index is 1.26. The van der Waals surface area contributed by atoms with Gasteiger partial charge in [-0.3, -0.25) is 4.79 Å². The molecule has 0 radical (unpaired) electrons.